The van der Waals surface area contributed by atoms with Crippen LogP contribution in [-0.2, 0) is 4.79 Å². The number of hydrazone groups is 1. The Morgan fingerprint density at radius 3 is 2.78 bits per heavy atom. The first-order valence-corrected chi connectivity index (χ1v) is 5.92. The van der Waals surface area contributed by atoms with Crippen LogP contribution in [0.1, 0.15) is 25.3 Å². The van der Waals surface area contributed by atoms with E-state index >= 15 is 0 Å². The summed E-state index contributed by atoms with van der Waals surface area (Å²) in [4.78, 5) is 22.9. The summed E-state index contributed by atoms with van der Waals surface area (Å²) in [6.45, 7) is 1.93. The van der Waals surface area contributed by atoms with Gasteiger partial charge in [-0.3, -0.25) is 10.1 Å². The highest BCUT2D eigenvalue weighted by molar-refractivity contribution is 5.97. The fraction of sp³-hybridized carbons (Fsp3) is 0.308. The molecule has 5 heteroatoms. The molecule has 1 heterocycles. The van der Waals surface area contributed by atoms with Crippen molar-refractivity contribution in [3.8, 4) is 0 Å². The molecule has 1 unspecified atom stereocenters. The van der Waals surface area contributed by atoms with E-state index in [4.69, 9.17) is 0 Å². The molecule has 0 radical (unpaired) electrons. The van der Waals surface area contributed by atoms with Gasteiger partial charge in [0.1, 0.15) is 0 Å². The van der Waals surface area contributed by atoms with Crippen molar-refractivity contribution in [1.82, 2.24) is 10.3 Å². The number of benzene rings is 1. The van der Waals surface area contributed by atoms with E-state index in [1.807, 2.05) is 37.3 Å². The summed E-state index contributed by atoms with van der Waals surface area (Å²) in [5, 5.41) is 7.77. The number of nitrogens with one attached hydrogen (secondary N) is 1. The largest absolute Gasteiger partial charge is 0.344 e. The first-order valence-electron chi connectivity index (χ1n) is 5.92. The van der Waals surface area contributed by atoms with E-state index < -0.39 is 6.03 Å². The van der Waals surface area contributed by atoms with E-state index in [1.54, 1.807) is 6.21 Å². The third-order valence-corrected chi connectivity index (χ3v) is 2.82. The predicted octanol–water partition coefficient (Wildman–Crippen LogP) is 1.74. The van der Waals surface area contributed by atoms with Gasteiger partial charge in [0, 0.05) is 6.42 Å². The number of amides is 3. The molecule has 1 aromatic rings. The minimum atomic E-state index is -0.453. The molecule has 1 saturated heterocycles. The number of nitrogens with zero attached hydrogens (tertiary/aromatic N) is 2. The van der Waals surface area contributed by atoms with Crippen molar-refractivity contribution in [3.05, 3.63) is 35.9 Å². The lowest BCUT2D eigenvalue weighted by atomic mass is 10.1. The minimum absolute atomic E-state index is 0.161. The maximum absolute atomic E-state index is 11.7. The van der Waals surface area contributed by atoms with E-state index in [0.29, 0.717) is 12.8 Å². The molecule has 94 valence electrons. The molecule has 0 aromatic heterocycles. The standard InChI is InChI=1S/C13H15N3O2/c1-2-11-8-12(17)15-13(18)16(11)14-9-10-6-4-3-5-7-10/h3-7,9,11H,2,8H2,1H3,(H,15,17,18). The molecule has 1 atom stereocenters. The Morgan fingerprint density at radius 1 is 1.39 bits per heavy atom. The lowest BCUT2D eigenvalue weighted by Crippen LogP contribution is -2.52. The lowest BCUT2D eigenvalue weighted by Gasteiger charge is -2.30. The Balaban J connectivity index is 2.13. The zero-order valence-corrected chi connectivity index (χ0v) is 10.2. The van der Waals surface area contributed by atoms with Gasteiger partial charge < -0.3 is 0 Å². The third kappa shape index (κ3) is 2.74. The van der Waals surface area contributed by atoms with Crippen LogP contribution in [0.3, 0.4) is 0 Å². The molecule has 0 spiro atoms. The monoisotopic (exact) mass is 245 g/mol. The van der Waals surface area contributed by atoms with Gasteiger partial charge >= 0.3 is 6.03 Å². The molecule has 0 bridgehead atoms. The Hall–Kier alpha value is -2.17. The molecule has 5 nitrogen and oxygen atoms in total. The average molecular weight is 245 g/mol. The fourth-order valence-electron chi connectivity index (χ4n) is 1.83. The Kier molecular flexibility index (Phi) is 3.72. The molecule has 1 N–H and O–H groups in total. The predicted molar refractivity (Wildman–Crippen MR) is 68.1 cm³/mol. The van der Waals surface area contributed by atoms with Crippen LogP contribution >= 0.6 is 0 Å². The molecule has 1 aliphatic heterocycles. The summed E-state index contributed by atoms with van der Waals surface area (Å²) in [5.74, 6) is -0.238. The van der Waals surface area contributed by atoms with Crippen LogP contribution in [-0.4, -0.2) is 29.2 Å². The van der Waals surface area contributed by atoms with E-state index in [9.17, 15) is 9.59 Å². The van der Waals surface area contributed by atoms with Crippen molar-refractivity contribution in [3.63, 3.8) is 0 Å². The van der Waals surface area contributed by atoms with Crippen molar-refractivity contribution in [2.75, 3.05) is 0 Å². The number of urea groups is 1. The van der Waals surface area contributed by atoms with Crippen LogP contribution in [0.15, 0.2) is 35.4 Å². The van der Waals surface area contributed by atoms with Gasteiger partial charge in [-0.1, -0.05) is 37.3 Å². The molecule has 1 aromatic carbocycles. The number of imide groups is 1. The van der Waals surface area contributed by atoms with Gasteiger partial charge in [-0.25, -0.2) is 9.80 Å². The summed E-state index contributed by atoms with van der Waals surface area (Å²) < 4.78 is 0. The van der Waals surface area contributed by atoms with Crippen molar-refractivity contribution in [2.24, 2.45) is 5.10 Å². The van der Waals surface area contributed by atoms with Crippen LogP contribution < -0.4 is 5.32 Å². The van der Waals surface area contributed by atoms with Gasteiger partial charge in [0.15, 0.2) is 0 Å². The Morgan fingerprint density at radius 2 is 2.11 bits per heavy atom. The summed E-state index contributed by atoms with van der Waals surface area (Å²) in [7, 11) is 0. The van der Waals surface area contributed by atoms with Crippen molar-refractivity contribution in [1.29, 1.82) is 0 Å². The topological polar surface area (TPSA) is 61.8 Å². The number of hydrogen-bond donors (Lipinski definition) is 1. The molecule has 18 heavy (non-hydrogen) atoms. The lowest BCUT2D eigenvalue weighted by molar-refractivity contribution is -0.122. The highest BCUT2D eigenvalue weighted by Crippen LogP contribution is 2.14. The molecule has 1 fully saturated rings. The average Bonchev–Trinajstić information content (AvgIpc) is 2.38. The van der Waals surface area contributed by atoms with Crippen molar-refractivity contribution < 1.29 is 9.59 Å². The smallest absolute Gasteiger partial charge is 0.276 e. The number of carbonyl (C=O) groups is 2. The van der Waals surface area contributed by atoms with E-state index in [-0.39, 0.29) is 11.9 Å². The van der Waals surface area contributed by atoms with Crippen LogP contribution in [0.25, 0.3) is 0 Å². The molecule has 1 aliphatic rings. The second kappa shape index (κ2) is 5.44. The maximum Gasteiger partial charge on any atom is 0.344 e. The molecule has 0 aliphatic carbocycles. The van der Waals surface area contributed by atoms with Gasteiger partial charge in [0.2, 0.25) is 5.91 Å². The Bertz CT molecular complexity index is 470. The highest BCUT2D eigenvalue weighted by Gasteiger charge is 2.30. The second-order valence-corrected chi connectivity index (χ2v) is 4.12. The van der Waals surface area contributed by atoms with Crippen LogP contribution in [0.5, 0.6) is 0 Å². The first-order chi connectivity index (χ1) is 8.70. The maximum atomic E-state index is 11.7. The molecular formula is C13H15N3O2. The highest BCUT2D eigenvalue weighted by atomic mass is 16.2. The van der Waals surface area contributed by atoms with Gasteiger partial charge in [0.05, 0.1) is 12.3 Å². The van der Waals surface area contributed by atoms with Crippen LogP contribution in [0.4, 0.5) is 4.79 Å². The third-order valence-electron chi connectivity index (χ3n) is 2.82. The SMILES string of the molecule is CCC1CC(=O)NC(=O)N1N=Cc1ccccc1. The number of rotatable bonds is 3. The van der Waals surface area contributed by atoms with Gasteiger partial charge in [-0.15, -0.1) is 0 Å². The van der Waals surface area contributed by atoms with E-state index in [2.05, 4.69) is 10.4 Å². The summed E-state index contributed by atoms with van der Waals surface area (Å²) >= 11 is 0. The zero-order valence-electron chi connectivity index (χ0n) is 10.2. The first kappa shape index (κ1) is 12.3. The number of carbonyl (C=O) groups excluding carboxylic acids is 2. The quantitative estimate of drug-likeness (QED) is 0.824. The van der Waals surface area contributed by atoms with Crippen molar-refractivity contribution in [2.45, 2.75) is 25.8 Å². The normalized spacial score (nSPS) is 20.3. The number of hydrogen-bond acceptors (Lipinski definition) is 3. The zero-order chi connectivity index (χ0) is 13.0. The van der Waals surface area contributed by atoms with Crippen LogP contribution in [0.2, 0.25) is 0 Å². The van der Waals surface area contributed by atoms with E-state index in [0.717, 1.165) is 5.56 Å². The molecule has 2 rings (SSSR count). The van der Waals surface area contributed by atoms with Gasteiger partial charge in [-0.05, 0) is 12.0 Å². The summed E-state index contributed by atoms with van der Waals surface area (Å²) in [6.07, 6.45) is 2.62. The van der Waals surface area contributed by atoms with Gasteiger partial charge in [-0.2, -0.15) is 5.10 Å². The summed E-state index contributed by atoms with van der Waals surface area (Å²) in [6, 6.07) is 8.90. The Labute approximate surface area is 105 Å². The molecule has 3 amide bonds. The minimum Gasteiger partial charge on any atom is -0.276 e. The molecule has 0 saturated carbocycles. The van der Waals surface area contributed by atoms with Crippen molar-refractivity contribution >= 4 is 18.2 Å². The second-order valence-electron chi connectivity index (χ2n) is 4.12. The fourth-order valence-corrected chi connectivity index (χ4v) is 1.83. The summed E-state index contributed by atoms with van der Waals surface area (Å²) in [5.41, 5.74) is 0.914. The molecular weight excluding hydrogens is 230 g/mol. The van der Waals surface area contributed by atoms with Gasteiger partial charge in [0.25, 0.3) is 0 Å². The van der Waals surface area contributed by atoms with Crippen LogP contribution in [0, 0.1) is 0 Å². The van der Waals surface area contributed by atoms with E-state index in [1.165, 1.54) is 5.01 Å².